The van der Waals surface area contributed by atoms with Gasteiger partial charge in [0, 0.05) is 23.7 Å². The number of aryl methyl sites for hydroxylation is 2. The van der Waals surface area contributed by atoms with Crippen LogP contribution in [0.3, 0.4) is 0 Å². The van der Waals surface area contributed by atoms with Gasteiger partial charge in [-0.3, -0.25) is 9.59 Å². The van der Waals surface area contributed by atoms with Crippen LogP contribution in [0.15, 0.2) is 54.7 Å². The summed E-state index contributed by atoms with van der Waals surface area (Å²) in [5.41, 5.74) is 3.55. The third-order valence-electron chi connectivity index (χ3n) is 4.97. The van der Waals surface area contributed by atoms with Crippen LogP contribution in [-0.4, -0.2) is 27.8 Å². The van der Waals surface area contributed by atoms with Crippen LogP contribution in [0.25, 0.3) is 10.9 Å². The molecule has 4 heteroatoms. The van der Waals surface area contributed by atoms with E-state index in [1.165, 1.54) is 5.56 Å². The minimum absolute atomic E-state index is 0.261. The van der Waals surface area contributed by atoms with Crippen molar-refractivity contribution in [3.05, 3.63) is 71.4 Å². The van der Waals surface area contributed by atoms with Crippen molar-refractivity contribution in [2.45, 2.75) is 25.3 Å². The zero-order chi connectivity index (χ0) is 17.4. The highest BCUT2D eigenvalue weighted by molar-refractivity contribution is 6.17. The Kier molecular flexibility index (Phi) is 3.98. The fraction of sp³-hybridized carbons (Fsp3) is 0.238. The number of hydrogen-bond acceptors (Lipinski definition) is 3. The van der Waals surface area contributed by atoms with E-state index in [4.69, 9.17) is 0 Å². The van der Waals surface area contributed by atoms with Gasteiger partial charge in [0.15, 0.2) is 11.6 Å². The molecule has 126 valence electrons. The van der Waals surface area contributed by atoms with Gasteiger partial charge in [-0.05, 0) is 24.0 Å². The first kappa shape index (κ1) is 15.8. The summed E-state index contributed by atoms with van der Waals surface area (Å²) in [6.45, 7) is 0.239. The van der Waals surface area contributed by atoms with Crippen LogP contribution in [0, 0.1) is 0 Å². The Labute approximate surface area is 145 Å². The predicted octanol–water partition coefficient (Wildman–Crippen LogP) is 3.12. The van der Waals surface area contributed by atoms with Crippen LogP contribution < -0.4 is 0 Å². The van der Waals surface area contributed by atoms with Gasteiger partial charge in [0.1, 0.15) is 12.5 Å². The Bertz CT molecular complexity index is 956. The highest BCUT2D eigenvalue weighted by Gasteiger charge is 2.32. The number of para-hydroxylation sites is 1. The summed E-state index contributed by atoms with van der Waals surface area (Å²) in [5, 5.41) is 10.4. The van der Waals surface area contributed by atoms with E-state index in [1.54, 1.807) is 24.3 Å². The van der Waals surface area contributed by atoms with E-state index in [2.05, 4.69) is 10.6 Å². The number of rotatable bonds is 5. The summed E-state index contributed by atoms with van der Waals surface area (Å²) in [4.78, 5) is 25.5. The number of Topliss-reactive ketones (excluding diaryl/α,β-unsaturated/α-hetero) is 2. The molecule has 1 aliphatic heterocycles. The first-order chi connectivity index (χ1) is 12.2. The normalized spacial score (nSPS) is 14.4. The Hall–Kier alpha value is -2.72. The molecule has 2 heterocycles. The first-order valence-electron chi connectivity index (χ1n) is 8.54. The lowest BCUT2D eigenvalue weighted by Gasteiger charge is -2.15. The smallest absolute Gasteiger partial charge is 0.177 e. The van der Waals surface area contributed by atoms with Crippen molar-refractivity contribution in [2.75, 3.05) is 6.61 Å². The molecule has 1 aromatic heterocycles. The molecule has 0 saturated carbocycles. The Morgan fingerprint density at radius 1 is 1.08 bits per heavy atom. The zero-order valence-corrected chi connectivity index (χ0v) is 13.8. The van der Waals surface area contributed by atoms with Gasteiger partial charge in [0.25, 0.3) is 0 Å². The van der Waals surface area contributed by atoms with Crippen LogP contribution in [-0.2, 0) is 17.8 Å². The van der Waals surface area contributed by atoms with Crippen LogP contribution in [0.2, 0.25) is 0 Å². The van der Waals surface area contributed by atoms with Gasteiger partial charge in [-0.2, -0.15) is 0 Å². The third kappa shape index (κ3) is 2.59. The summed E-state index contributed by atoms with van der Waals surface area (Å²) in [6.07, 6.45) is 3.98. The second-order valence-corrected chi connectivity index (χ2v) is 6.48. The summed E-state index contributed by atoms with van der Waals surface area (Å²) in [7, 11) is 0. The van der Waals surface area contributed by atoms with E-state index >= 15 is 0 Å². The van der Waals surface area contributed by atoms with Gasteiger partial charge < -0.3 is 9.67 Å². The zero-order valence-electron chi connectivity index (χ0n) is 13.8. The van der Waals surface area contributed by atoms with Crippen molar-refractivity contribution in [1.82, 2.24) is 4.57 Å². The average Bonchev–Trinajstić information content (AvgIpc) is 3.03. The number of aliphatic hydroxyl groups excluding tert-OH is 1. The van der Waals surface area contributed by atoms with E-state index in [1.807, 2.05) is 24.4 Å². The maximum Gasteiger partial charge on any atom is 0.177 e. The maximum atomic E-state index is 13.0. The van der Waals surface area contributed by atoms with E-state index in [0.29, 0.717) is 11.1 Å². The fourth-order valence-corrected chi connectivity index (χ4v) is 3.83. The molecule has 0 fully saturated rings. The van der Waals surface area contributed by atoms with Gasteiger partial charge >= 0.3 is 0 Å². The molecule has 1 atom stereocenters. The minimum atomic E-state index is -0.968. The Balaban J connectivity index is 1.90. The van der Waals surface area contributed by atoms with Crippen LogP contribution in [0.5, 0.6) is 0 Å². The molecule has 1 unspecified atom stereocenters. The van der Waals surface area contributed by atoms with E-state index < -0.39 is 18.3 Å². The van der Waals surface area contributed by atoms with Crippen LogP contribution >= 0.6 is 0 Å². The molecule has 3 aromatic rings. The standard InChI is InChI=1S/C21H19NO3/c23-13-18(24)19(21(25)15-6-2-1-3-7-15)17-12-22-11-5-9-14-8-4-10-16(17)20(14)22/h1-4,6-8,10,12,19,23H,5,9,11,13H2. The fourth-order valence-electron chi connectivity index (χ4n) is 3.83. The summed E-state index contributed by atoms with van der Waals surface area (Å²) >= 11 is 0. The number of aromatic nitrogens is 1. The van der Waals surface area contributed by atoms with E-state index in [0.717, 1.165) is 30.3 Å². The molecule has 4 nitrogen and oxygen atoms in total. The molecule has 2 aromatic carbocycles. The number of nitrogens with zero attached hydrogens (tertiary/aromatic N) is 1. The van der Waals surface area contributed by atoms with Crippen molar-refractivity contribution >= 4 is 22.5 Å². The molecule has 0 bridgehead atoms. The highest BCUT2D eigenvalue weighted by atomic mass is 16.3. The van der Waals surface area contributed by atoms with Gasteiger partial charge in [0.2, 0.25) is 0 Å². The molecule has 0 amide bonds. The number of ketones is 2. The molecule has 1 aliphatic rings. The lowest BCUT2D eigenvalue weighted by Crippen LogP contribution is -2.24. The quantitative estimate of drug-likeness (QED) is 0.576. The highest BCUT2D eigenvalue weighted by Crippen LogP contribution is 2.35. The van der Waals surface area contributed by atoms with E-state index in [9.17, 15) is 14.7 Å². The lowest BCUT2D eigenvalue weighted by atomic mass is 9.87. The number of aliphatic hydroxyl groups is 1. The number of carbonyl (C=O) groups excluding carboxylic acids is 2. The van der Waals surface area contributed by atoms with Crippen molar-refractivity contribution in [3.63, 3.8) is 0 Å². The van der Waals surface area contributed by atoms with Gasteiger partial charge in [-0.15, -0.1) is 0 Å². The topological polar surface area (TPSA) is 59.3 Å². The summed E-state index contributed by atoms with van der Waals surface area (Å²) < 4.78 is 2.14. The minimum Gasteiger partial charge on any atom is -0.389 e. The second-order valence-electron chi connectivity index (χ2n) is 6.48. The average molecular weight is 333 g/mol. The molecule has 0 spiro atoms. The Morgan fingerprint density at radius 2 is 1.88 bits per heavy atom. The van der Waals surface area contributed by atoms with Crippen molar-refractivity contribution in [1.29, 1.82) is 0 Å². The SMILES string of the molecule is O=C(CO)C(C(=O)c1ccccc1)c1cn2c3c(cccc13)CCC2. The van der Waals surface area contributed by atoms with Crippen molar-refractivity contribution < 1.29 is 14.7 Å². The maximum absolute atomic E-state index is 13.0. The predicted molar refractivity (Wildman–Crippen MR) is 95.9 cm³/mol. The third-order valence-corrected chi connectivity index (χ3v) is 4.97. The van der Waals surface area contributed by atoms with Crippen LogP contribution in [0.4, 0.5) is 0 Å². The second kappa shape index (κ2) is 6.30. The summed E-state index contributed by atoms with van der Waals surface area (Å²) in [6, 6.07) is 14.9. The molecule has 0 saturated heterocycles. The van der Waals surface area contributed by atoms with Gasteiger partial charge in [-0.25, -0.2) is 0 Å². The lowest BCUT2D eigenvalue weighted by molar-refractivity contribution is -0.122. The summed E-state index contributed by atoms with van der Waals surface area (Å²) in [5.74, 6) is -1.69. The molecule has 0 aliphatic carbocycles. The number of carbonyl (C=O) groups is 2. The first-order valence-corrected chi connectivity index (χ1v) is 8.54. The number of benzene rings is 2. The molecule has 4 rings (SSSR count). The van der Waals surface area contributed by atoms with Crippen LogP contribution in [0.1, 0.15) is 33.8 Å². The van der Waals surface area contributed by atoms with Crippen molar-refractivity contribution in [2.24, 2.45) is 0 Å². The van der Waals surface area contributed by atoms with Gasteiger partial charge in [-0.1, -0.05) is 48.5 Å². The molecular formula is C21H19NO3. The largest absolute Gasteiger partial charge is 0.389 e. The Morgan fingerprint density at radius 3 is 2.64 bits per heavy atom. The molecular weight excluding hydrogens is 314 g/mol. The van der Waals surface area contributed by atoms with Gasteiger partial charge in [0.05, 0.1) is 5.52 Å². The molecule has 1 N–H and O–H groups in total. The van der Waals surface area contributed by atoms with Crippen molar-refractivity contribution in [3.8, 4) is 0 Å². The monoisotopic (exact) mass is 333 g/mol. The molecule has 0 radical (unpaired) electrons. The van der Waals surface area contributed by atoms with E-state index in [-0.39, 0.29) is 5.78 Å². The molecule has 25 heavy (non-hydrogen) atoms. The number of hydrogen-bond donors (Lipinski definition) is 1.